The second-order valence-corrected chi connectivity index (χ2v) is 5.16. The van der Waals surface area contributed by atoms with Gasteiger partial charge in [-0.2, -0.15) is 0 Å². The van der Waals surface area contributed by atoms with Crippen LogP contribution in [-0.4, -0.2) is 45.2 Å². The van der Waals surface area contributed by atoms with E-state index in [1.807, 2.05) is 18.2 Å². The predicted molar refractivity (Wildman–Crippen MR) is 83.9 cm³/mol. The molecule has 0 aromatic heterocycles. The summed E-state index contributed by atoms with van der Waals surface area (Å²) in [5, 5.41) is 3.42. The molecule has 1 amide bonds. The maximum Gasteiger partial charge on any atom is 0.259 e. The van der Waals surface area contributed by atoms with Crippen LogP contribution >= 0.6 is 0 Å². The van der Waals surface area contributed by atoms with Gasteiger partial charge in [0.1, 0.15) is 11.5 Å². The van der Waals surface area contributed by atoms with Crippen molar-refractivity contribution in [2.45, 2.75) is 26.3 Å². The number of rotatable bonds is 8. The third-order valence-corrected chi connectivity index (χ3v) is 3.24. The van der Waals surface area contributed by atoms with Crippen LogP contribution in [0.15, 0.2) is 18.2 Å². The highest BCUT2D eigenvalue weighted by atomic mass is 16.5. The fourth-order valence-corrected chi connectivity index (χ4v) is 1.86. The van der Waals surface area contributed by atoms with Crippen LogP contribution < -0.4 is 14.8 Å². The van der Waals surface area contributed by atoms with E-state index in [0.717, 1.165) is 18.5 Å². The SMILES string of the molecule is CCCNC(C)c1ccc(OC)cc1OCC(=O)N(C)C. The molecular weight excluding hydrogens is 268 g/mol. The Labute approximate surface area is 127 Å². The van der Waals surface area contributed by atoms with Crippen molar-refractivity contribution in [2.24, 2.45) is 0 Å². The minimum atomic E-state index is -0.0714. The summed E-state index contributed by atoms with van der Waals surface area (Å²) in [6, 6.07) is 5.85. The zero-order valence-corrected chi connectivity index (χ0v) is 13.6. The zero-order chi connectivity index (χ0) is 15.8. The monoisotopic (exact) mass is 294 g/mol. The number of hydrogen-bond donors (Lipinski definition) is 1. The lowest BCUT2D eigenvalue weighted by Crippen LogP contribution is -2.28. The van der Waals surface area contributed by atoms with Gasteiger partial charge in [0.2, 0.25) is 0 Å². The van der Waals surface area contributed by atoms with Gasteiger partial charge in [0.15, 0.2) is 6.61 Å². The molecule has 0 heterocycles. The number of ether oxygens (including phenoxy) is 2. The van der Waals surface area contributed by atoms with Gasteiger partial charge < -0.3 is 19.7 Å². The van der Waals surface area contributed by atoms with Crippen LogP contribution in [0.1, 0.15) is 31.9 Å². The van der Waals surface area contributed by atoms with Crippen LogP contribution in [0.3, 0.4) is 0 Å². The van der Waals surface area contributed by atoms with Crippen molar-refractivity contribution >= 4 is 5.91 Å². The predicted octanol–water partition coefficient (Wildman–Crippen LogP) is 2.22. The zero-order valence-electron chi connectivity index (χ0n) is 13.6. The van der Waals surface area contributed by atoms with Gasteiger partial charge >= 0.3 is 0 Å². The summed E-state index contributed by atoms with van der Waals surface area (Å²) in [6.07, 6.45) is 1.07. The van der Waals surface area contributed by atoms with Gasteiger partial charge in [-0.05, 0) is 26.0 Å². The molecule has 0 fully saturated rings. The first-order valence-electron chi connectivity index (χ1n) is 7.23. The number of nitrogens with one attached hydrogen (secondary N) is 1. The molecule has 0 radical (unpaired) electrons. The van der Waals surface area contributed by atoms with E-state index in [9.17, 15) is 4.79 Å². The third kappa shape index (κ3) is 5.27. The molecule has 118 valence electrons. The molecule has 0 bridgehead atoms. The Morgan fingerprint density at radius 3 is 2.67 bits per heavy atom. The van der Waals surface area contributed by atoms with Crippen molar-refractivity contribution in [2.75, 3.05) is 34.4 Å². The summed E-state index contributed by atoms with van der Waals surface area (Å²) in [5.74, 6) is 1.33. The molecule has 0 saturated heterocycles. The quantitative estimate of drug-likeness (QED) is 0.799. The topological polar surface area (TPSA) is 50.8 Å². The standard InChI is InChI=1S/C16H26N2O3/c1-6-9-17-12(2)14-8-7-13(20-5)10-15(14)21-11-16(19)18(3)4/h7-8,10,12,17H,6,9,11H2,1-5H3. The normalized spacial score (nSPS) is 11.9. The van der Waals surface area contributed by atoms with Crippen molar-refractivity contribution in [3.8, 4) is 11.5 Å². The van der Waals surface area contributed by atoms with E-state index in [-0.39, 0.29) is 18.6 Å². The van der Waals surface area contributed by atoms with E-state index in [4.69, 9.17) is 9.47 Å². The minimum absolute atomic E-state index is 0.0215. The Balaban J connectivity index is 2.88. The molecule has 0 spiro atoms. The van der Waals surface area contributed by atoms with Crippen LogP contribution in [0.4, 0.5) is 0 Å². The number of carbonyl (C=O) groups is 1. The maximum atomic E-state index is 11.7. The summed E-state index contributed by atoms with van der Waals surface area (Å²) in [6.45, 7) is 5.16. The van der Waals surface area contributed by atoms with Crippen LogP contribution in [0, 0.1) is 0 Å². The molecule has 1 atom stereocenters. The van der Waals surface area contributed by atoms with E-state index in [1.165, 1.54) is 4.90 Å². The van der Waals surface area contributed by atoms with Gasteiger partial charge in [0, 0.05) is 31.8 Å². The number of methoxy groups -OCH3 is 1. The summed E-state index contributed by atoms with van der Waals surface area (Å²) in [4.78, 5) is 13.2. The Bertz CT molecular complexity index is 461. The average Bonchev–Trinajstić information content (AvgIpc) is 2.49. The van der Waals surface area contributed by atoms with E-state index in [2.05, 4.69) is 19.2 Å². The number of nitrogens with zero attached hydrogens (tertiary/aromatic N) is 1. The van der Waals surface area contributed by atoms with Crippen LogP contribution in [-0.2, 0) is 4.79 Å². The molecule has 1 aromatic rings. The number of amides is 1. The average molecular weight is 294 g/mol. The van der Waals surface area contributed by atoms with Gasteiger partial charge in [-0.15, -0.1) is 0 Å². The fraction of sp³-hybridized carbons (Fsp3) is 0.562. The summed E-state index contributed by atoms with van der Waals surface area (Å²) >= 11 is 0. The van der Waals surface area contributed by atoms with Gasteiger partial charge in [0.25, 0.3) is 5.91 Å². The third-order valence-electron chi connectivity index (χ3n) is 3.24. The molecule has 0 aliphatic heterocycles. The Morgan fingerprint density at radius 2 is 2.10 bits per heavy atom. The van der Waals surface area contributed by atoms with E-state index in [0.29, 0.717) is 11.5 Å². The van der Waals surface area contributed by atoms with E-state index >= 15 is 0 Å². The fourth-order valence-electron chi connectivity index (χ4n) is 1.86. The molecular formula is C16H26N2O3. The van der Waals surface area contributed by atoms with E-state index in [1.54, 1.807) is 21.2 Å². The minimum Gasteiger partial charge on any atom is -0.497 e. The van der Waals surface area contributed by atoms with E-state index < -0.39 is 0 Å². The van der Waals surface area contributed by atoms with Gasteiger partial charge in [-0.1, -0.05) is 13.0 Å². The molecule has 1 aromatic carbocycles. The van der Waals surface area contributed by atoms with Crippen molar-refractivity contribution in [1.29, 1.82) is 0 Å². The maximum absolute atomic E-state index is 11.7. The summed E-state index contributed by atoms with van der Waals surface area (Å²) < 4.78 is 10.9. The second-order valence-electron chi connectivity index (χ2n) is 5.16. The Hall–Kier alpha value is -1.75. The van der Waals surface area contributed by atoms with Crippen molar-refractivity contribution < 1.29 is 14.3 Å². The van der Waals surface area contributed by atoms with Gasteiger partial charge in [-0.25, -0.2) is 0 Å². The first-order chi connectivity index (χ1) is 9.99. The molecule has 0 aliphatic carbocycles. The highest BCUT2D eigenvalue weighted by Gasteiger charge is 2.14. The van der Waals surface area contributed by atoms with Crippen molar-refractivity contribution in [1.82, 2.24) is 10.2 Å². The van der Waals surface area contributed by atoms with Gasteiger partial charge in [0.05, 0.1) is 7.11 Å². The highest BCUT2D eigenvalue weighted by Crippen LogP contribution is 2.29. The lowest BCUT2D eigenvalue weighted by molar-refractivity contribution is -0.130. The van der Waals surface area contributed by atoms with Gasteiger partial charge in [-0.3, -0.25) is 4.79 Å². The molecule has 5 nitrogen and oxygen atoms in total. The molecule has 0 saturated carbocycles. The van der Waals surface area contributed by atoms with Crippen LogP contribution in [0.2, 0.25) is 0 Å². The van der Waals surface area contributed by atoms with Crippen LogP contribution in [0.5, 0.6) is 11.5 Å². The first kappa shape index (κ1) is 17.3. The molecule has 5 heteroatoms. The second kappa shape index (κ2) is 8.52. The molecule has 21 heavy (non-hydrogen) atoms. The highest BCUT2D eigenvalue weighted by molar-refractivity contribution is 5.77. The lowest BCUT2D eigenvalue weighted by atomic mass is 10.1. The summed E-state index contributed by atoms with van der Waals surface area (Å²) in [7, 11) is 5.04. The Kier molecular flexibility index (Phi) is 7.02. The molecule has 0 aliphatic rings. The smallest absolute Gasteiger partial charge is 0.259 e. The number of likely N-dealkylation sites (N-methyl/N-ethyl adjacent to an activating group) is 1. The van der Waals surface area contributed by atoms with Crippen molar-refractivity contribution in [3.63, 3.8) is 0 Å². The number of benzene rings is 1. The molecule has 1 N–H and O–H groups in total. The largest absolute Gasteiger partial charge is 0.497 e. The Morgan fingerprint density at radius 1 is 1.38 bits per heavy atom. The lowest BCUT2D eigenvalue weighted by Gasteiger charge is -2.19. The first-order valence-corrected chi connectivity index (χ1v) is 7.23. The molecule has 1 rings (SSSR count). The number of hydrogen-bond acceptors (Lipinski definition) is 4. The van der Waals surface area contributed by atoms with Crippen LogP contribution in [0.25, 0.3) is 0 Å². The molecule has 1 unspecified atom stereocenters. The number of carbonyl (C=O) groups excluding carboxylic acids is 1. The summed E-state index contributed by atoms with van der Waals surface area (Å²) in [5.41, 5.74) is 1.02. The van der Waals surface area contributed by atoms with Crippen molar-refractivity contribution in [3.05, 3.63) is 23.8 Å².